The molecule has 1 fully saturated rings. The minimum Gasteiger partial charge on any atom is -0.355 e. The summed E-state index contributed by atoms with van der Waals surface area (Å²) in [6.07, 6.45) is 2.14. The SMILES string of the molecule is C[C@H](SC(F)(F)F)C(=O)NCC1CC1. The molecule has 1 N–H and O–H groups in total. The van der Waals surface area contributed by atoms with E-state index in [1.165, 1.54) is 6.92 Å². The maximum atomic E-state index is 11.9. The molecule has 1 amide bonds. The number of rotatable bonds is 4. The van der Waals surface area contributed by atoms with Crippen LogP contribution >= 0.6 is 11.8 Å². The van der Waals surface area contributed by atoms with Crippen LogP contribution in [0.15, 0.2) is 0 Å². The van der Waals surface area contributed by atoms with Gasteiger partial charge in [0.25, 0.3) is 0 Å². The molecule has 0 heterocycles. The third-order valence-corrected chi connectivity index (χ3v) is 2.78. The van der Waals surface area contributed by atoms with Gasteiger partial charge in [-0.3, -0.25) is 4.79 Å². The van der Waals surface area contributed by atoms with Gasteiger partial charge in [-0.15, -0.1) is 0 Å². The Labute approximate surface area is 84.6 Å². The molecular formula is C8H12F3NOS. The quantitative estimate of drug-likeness (QED) is 0.797. The van der Waals surface area contributed by atoms with Crippen molar-refractivity contribution in [2.75, 3.05) is 6.54 Å². The molecule has 0 aromatic carbocycles. The molecule has 0 spiro atoms. The lowest BCUT2D eigenvalue weighted by atomic mass is 10.4. The molecule has 0 radical (unpaired) electrons. The first kappa shape index (κ1) is 11.7. The molecule has 0 unspecified atom stereocenters. The van der Waals surface area contributed by atoms with Crippen LogP contribution in [0.5, 0.6) is 0 Å². The zero-order valence-corrected chi connectivity index (χ0v) is 8.54. The summed E-state index contributed by atoms with van der Waals surface area (Å²) < 4.78 is 35.6. The van der Waals surface area contributed by atoms with Crippen LogP contribution in [0, 0.1) is 5.92 Å². The normalized spacial score (nSPS) is 19.1. The van der Waals surface area contributed by atoms with Crippen LogP contribution in [0.3, 0.4) is 0 Å². The number of thioether (sulfide) groups is 1. The van der Waals surface area contributed by atoms with Crippen LogP contribution in [-0.4, -0.2) is 23.2 Å². The van der Waals surface area contributed by atoms with Crippen LogP contribution < -0.4 is 5.32 Å². The van der Waals surface area contributed by atoms with Gasteiger partial charge in [-0.2, -0.15) is 13.2 Å². The highest BCUT2D eigenvalue weighted by molar-refractivity contribution is 8.01. The Kier molecular flexibility index (Phi) is 3.69. The van der Waals surface area contributed by atoms with Crippen LogP contribution in [0.1, 0.15) is 19.8 Å². The molecule has 0 aromatic heterocycles. The van der Waals surface area contributed by atoms with Crippen molar-refractivity contribution in [2.24, 2.45) is 5.92 Å². The van der Waals surface area contributed by atoms with E-state index in [0.29, 0.717) is 12.5 Å². The third-order valence-electron chi connectivity index (χ3n) is 1.94. The van der Waals surface area contributed by atoms with E-state index < -0.39 is 16.7 Å². The zero-order chi connectivity index (χ0) is 10.8. The number of halogens is 3. The van der Waals surface area contributed by atoms with Crippen molar-refractivity contribution in [3.05, 3.63) is 0 Å². The fourth-order valence-corrected chi connectivity index (χ4v) is 1.56. The Balaban J connectivity index is 2.20. The van der Waals surface area contributed by atoms with Gasteiger partial charge in [0.15, 0.2) is 0 Å². The largest absolute Gasteiger partial charge is 0.442 e. The predicted molar refractivity (Wildman–Crippen MR) is 48.8 cm³/mol. The fourth-order valence-electron chi connectivity index (χ4n) is 0.965. The van der Waals surface area contributed by atoms with E-state index in [2.05, 4.69) is 5.32 Å². The Morgan fingerprint density at radius 3 is 2.57 bits per heavy atom. The summed E-state index contributed by atoms with van der Waals surface area (Å²) in [6, 6.07) is 0. The second-order valence-corrected chi connectivity index (χ2v) is 4.80. The van der Waals surface area contributed by atoms with Crippen LogP contribution in [-0.2, 0) is 4.79 Å². The average molecular weight is 227 g/mol. The van der Waals surface area contributed by atoms with Gasteiger partial charge < -0.3 is 5.32 Å². The van der Waals surface area contributed by atoms with E-state index in [1.54, 1.807) is 0 Å². The third kappa shape index (κ3) is 4.74. The number of nitrogens with one attached hydrogen (secondary N) is 1. The van der Waals surface area contributed by atoms with Gasteiger partial charge in [0.1, 0.15) is 0 Å². The smallest absolute Gasteiger partial charge is 0.355 e. The molecule has 1 aliphatic rings. The highest BCUT2D eigenvalue weighted by Crippen LogP contribution is 2.34. The van der Waals surface area contributed by atoms with E-state index in [-0.39, 0.29) is 11.8 Å². The Morgan fingerprint density at radius 2 is 2.14 bits per heavy atom. The van der Waals surface area contributed by atoms with Gasteiger partial charge in [-0.05, 0) is 37.4 Å². The van der Waals surface area contributed by atoms with E-state index >= 15 is 0 Å². The van der Waals surface area contributed by atoms with E-state index in [9.17, 15) is 18.0 Å². The summed E-state index contributed by atoms with van der Waals surface area (Å²) >= 11 is -0.275. The van der Waals surface area contributed by atoms with Crippen molar-refractivity contribution in [3.8, 4) is 0 Å². The molecule has 2 nitrogen and oxygen atoms in total. The van der Waals surface area contributed by atoms with Crippen molar-refractivity contribution in [3.63, 3.8) is 0 Å². The van der Waals surface area contributed by atoms with Crippen LogP contribution in [0.4, 0.5) is 13.2 Å². The lowest BCUT2D eigenvalue weighted by Gasteiger charge is -2.13. The number of amides is 1. The van der Waals surface area contributed by atoms with E-state index in [0.717, 1.165) is 12.8 Å². The summed E-state index contributed by atoms with van der Waals surface area (Å²) in [5.41, 5.74) is -4.34. The molecule has 1 atom stereocenters. The Bertz CT molecular complexity index is 215. The van der Waals surface area contributed by atoms with Crippen molar-refractivity contribution in [1.29, 1.82) is 0 Å². The summed E-state index contributed by atoms with van der Waals surface area (Å²) in [7, 11) is 0. The second kappa shape index (κ2) is 4.42. The molecule has 0 bridgehead atoms. The van der Waals surface area contributed by atoms with Crippen molar-refractivity contribution >= 4 is 17.7 Å². The highest BCUT2D eigenvalue weighted by Gasteiger charge is 2.34. The maximum absolute atomic E-state index is 11.9. The van der Waals surface area contributed by atoms with Gasteiger partial charge >= 0.3 is 5.51 Å². The first-order chi connectivity index (χ1) is 6.38. The molecule has 14 heavy (non-hydrogen) atoms. The lowest BCUT2D eigenvalue weighted by Crippen LogP contribution is -2.33. The van der Waals surface area contributed by atoms with Crippen molar-refractivity contribution < 1.29 is 18.0 Å². The fraction of sp³-hybridized carbons (Fsp3) is 0.875. The first-order valence-electron chi connectivity index (χ1n) is 4.41. The molecule has 0 saturated heterocycles. The maximum Gasteiger partial charge on any atom is 0.442 e. The van der Waals surface area contributed by atoms with Crippen molar-refractivity contribution in [1.82, 2.24) is 5.32 Å². The molecule has 1 saturated carbocycles. The molecule has 1 aliphatic carbocycles. The molecule has 0 aromatic rings. The Morgan fingerprint density at radius 1 is 1.57 bits per heavy atom. The summed E-state index contributed by atoms with van der Waals surface area (Å²) in [5.74, 6) is -0.0405. The Hall–Kier alpha value is -0.390. The minimum atomic E-state index is -4.34. The number of carbonyl (C=O) groups is 1. The van der Waals surface area contributed by atoms with Gasteiger partial charge in [0, 0.05) is 6.54 Å². The molecule has 82 valence electrons. The van der Waals surface area contributed by atoms with Crippen LogP contribution in [0.2, 0.25) is 0 Å². The topological polar surface area (TPSA) is 29.1 Å². The van der Waals surface area contributed by atoms with Crippen LogP contribution in [0.25, 0.3) is 0 Å². The molecule has 1 rings (SSSR count). The first-order valence-corrected chi connectivity index (χ1v) is 5.28. The van der Waals surface area contributed by atoms with Gasteiger partial charge in [0.2, 0.25) is 5.91 Å². The average Bonchev–Trinajstić information content (AvgIpc) is 2.79. The molecule has 0 aliphatic heterocycles. The highest BCUT2D eigenvalue weighted by atomic mass is 32.2. The number of alkyl halides is 3. The van der Waals surface area contributed by atoms with Gasteiger partial charge in [-0.1, -0.05) is 0 Å². The van der Waals surface area contributed by atoms with E-state index in [4.69, 9.17) is 0 Å². The standard InChI is InChI=1S/C8H12F3NOS/c1-5(14-8(9,10)11)7(13)12-4-6-2-3-6/h5-6H,2-4H2,1H3,(H,12,13)/t5-/m0/s1. The second-order valence-electron chi connectivity index (χ2n) is 3.39. The lowest BCUT2D eigenvalue weighted by molar-refractivity contribution is -0.120. The van der Waals surface area contributed by atoms with Gasteiger partial charge in [0.05, 0.1) is 5.25 Å². The van der Waals surface area contributed by atoms with Gasteiger partial charge in [-0.25, -0.2) is 0 Å². The number of carbonyl (C=O) groups excluding carboxylic acids is 1. The summed E-state index contributed by atoms with van der Waals surface area (Å²) in [6.45, 7) is 1.78. The number of hydrogen-bond acceptors (Lipinski definition) is 2. The minimum absolute atomic E-state index is 0.275. The monoisotopic (exact) mass is 227 g/mol. The zero-order valence-electron chi connectivity index (χ0n) is 7.73. The summed E-state index contributed by atoms with van der Waals surface area (Å²) in [4.78, 5) is 11.1. The summed E-state index contributed by atoms with van der Waals surface area (Å²) in [5, 5.41) is 1.45. The predicted octanol–water partition coefficient (Wildman–Crippen LogP) is 2.15. The van der Waals surface area contributed by atoms with Crippen molar-refractivity contribution in [2.45, 2.75) is 30.5 Å². The molecular weight excluding hydrogens is 215 g/mol. The molecule has 6 heteroatoms. The number of hydrogen-bond donors (Lipinski definition) is 1. The van der Waals surface area contributed by atoms with E-state index in [1.807, 2.05) is 0 Å².